The number of para-hydroxylation sites is 1. The minimum atomic E-state index is 0.519. The number of aromatic nitrogens is 3. The maximum atomic E-state index is 6.29. The third kappa shape index (κ3) is 5.55. The van der Waals surface area contributed by atoms with Crippen LogP contribution in [0.15, 0.2) is 48.7 Å². The summed E-state index contributed by atoms with van der Waals surface area (Å²) in [6, 6.07) is 12.9. The van der Waals surface area contributed by atoms with E-state index in [-0.39, 0.29) is 0 Å². The highest BCUT2D eigenvalue weighted by atomic mass is 35.5. The lowest BCUT2D eigenvalue weighted by Crippen LogP contribution is -2.17. The molecule has 3 aromatic rings. The molecule has 0 aliphatic heterocycles. The number of pyridine rings is 1. The molecule has 146 valence electrons. The number of nitrogens with one attached hydrogen (secondary N) is 2. The van der Waals surface area contributed by atoms with Gasteiger partial charge >= 0.3 is 0 Å². The molecule has 0 aliphatic rings. The number of rotatable bonds is 8. The first-order chi connectivity index (χ1) is 13.5. The number of benzene rings is 1. The first-order valence-electron chi connectivity index (χ1n) is 8.93. The van der Waals surface area contributed by atoms with Crippen molar-refractivity contribution in [3.63, 3.8) is 0 Å². The lowest BCUT2D eigenvalue weighted by atomic mass is 10.2. The zero-order valence-corrected chi connectivity index (χ0v) is 17.3. The van der Waals surface area contributed by atoms with Crippen LogP contribution >= 0.6 is 23.2 Å². The molecule has 2 aromatic heterocycles. The van der Waals surface area contributed by atoms with Crippen molar-refractivity contribution in [3.8, 4) is 11.4 Å². The third-order valence-corrected chi connectivity index (χ3v) is 4.56. The van der Waals surface area contributed by atoms with E-state index >= 15 is 0 Å². The first-order valence-corrected chi connectivity index (χ1v) is 9.68. The van der Waals surface area contributed by atoms with Crippen LogP contribution in [0.3, 0.4) is 0 Å². The predicted molar refractivity (Wildman–Crippen MR) is 117 cm³/mol. The van der Waals surface area contributed by atoms with Gasteiger partial charge in [0.1, 0.15) is 5.82 Å². The van der Waals surface area contributed by atoms with Crippen molar-refractivity contribution >= 4 is 40.7 Å². The van der Waals surface area contributed by atoms with E-state index in [0.29, 0.717) is 33.2 Å². The second-order valence-corrected chi connectivity index (χ2v) is 7.30. The predicted octanol–water partition coefficient (Wildman–Crippen LogP) is 4.95. The Balaban J connectivity index is 1.89. The van der Waals surface area contributed by atoms with E-state index in [1.165, 1.54) is 0 Å². The van der Waals surface area contributed by atoms with Crippen LogP contribution in [0, 0.1) is 0 Å². The molecule has 1 aromatic carbocycles. The quantitative estimate of drug-likeness (QED) is 0.506. The van der Waals surface area contributed by atoms with E-state index in [2.05, 4.69) is 30.5 Å². The second-order valence-electron chi connectivity index (χ2n) is 6.48. The highest BCUT2D eigenvalue weighted by Crippen LogP contribution is 2.33. The summed E-state index contributed by atoms with van der Waals surface area (Å²) in [5.41, 5.74) is 2.07. The normalized spacial score (nSPS) is 10.9. The summed E-state index contributed by atoms with van der Waals surface area (Å²) in [7, 11) is 4.10. The molecule has 0 fully saturated rings. The summed E-state index contributed by atoms with van der Waals surface area (Å²) in [5, 5.41) is 7.53. The molecule has 2 N–H and O–H groups in total. The molecule has 0 spiro atoms. The van der Waals surface area contributed by atoms with Crippen LogP contribution < -0.4 is 10.6 Å². The monoisotopic (exact) mass is 416 g/mol. The zero-order chi connectivity index (χ0) is 19.9. The van der Waals surface area contributed by atoms with Gasteiger partial charge in [0.05, 0.1) is 27.1 Å². The first kappa shape index (κ1) is 20.3. The summed E-state index contributed by atoms with van der Waals surface area (Å²) < 4.78 is 0. The maximum absolute atomic E-state index is 6.29. The molecule has 0 unspecified atom stereocenters. The highest BCUT2D eigenvalue weighted by molar-refractivity contribution is 6.39. The molecule has 6 nitrogen and oxygen atoms in total. The van der Waals surface area contributed by atoms with Crippen molar-refractivity contribution in [1.82, 2.24) is 19.9 Å². The van der Waals surface area contributed by atoms with Crippen molar-refractivity contribution in [1.29, 1.82) is 0 Å². The van der Waals surface area contributed by atoms with Crippen LogP contribution in [-0.4, -0.2) is 47.0 Å². The zero-order valence-electron chi connectivity index (χ0n) is 15.8. The smallest absolute Gasteiger partial charge is 0.225 e. The molecule has 3 rings (SSSR count). The molecule has 0 atom stereocenters. The van der Waals surface area contributed by atoms with Gasteiger partial charge in [0, 0.05) is 18.8 Å². The number of nitrogens with zero attached hydrogens (tertiary/aromatic N) is 4. The molecule has 8 heteroatoms. The second kappa shape index (κ2) is 9.68. The fourth-order valence-corrected chi connectivity index (χ4v) is 3.07. The Morgan fingerprint density at radius 3 is 2.43 bits per heavy atom. The Bertz CT molecular complexity index is 898. The van der Waals surface area contributed by atoms with E-state index in [4.69, 9.17) is 23.2 Å². The lowest BCUT2D eigenvalue weighted by Gasteiger charge is -2.14. The minimum absolute atomic E-state index is 0.519. The van der Waals surface area contributed by atoms with Crippen molar-refractivity contribution in [3.05, 3.63) is 58.7 Å². The minimum Gasteiger partial charge on any atom is -0.354 e. The van der Waals surface area contributed by atoms with Crippen molar-refractivity contribution in [2.24, 2.45) is 0 Å². The van der Waals surface area contributed by atoms with Gasteiger partial charge in [-0.2, -0.15) is 4.98 Å². The van der Waals surface area contributed by atoms with E-state index in [0.717, 1.165) is 25.2 Å². The van der Waals surface area contributed by atoms with E-state index < -0.39 is 0 Å². The Morgan fingerprint density at radius 2 is 1.75 bits per heavy atom. The van der Waals surface area contributed by atoms with Crippen LogP contribution in [0.25, 0.3) is 11.4 Å². The molecular formula is C20H22Cl2N6. The van der Waals surface area contributed by atoms with Crippen LogP contribution in [-0.2, 0) is 0 Å². The molecule has 0 saturated heterocycles. The van der Waals surface area contributed by atoms with Crippen LogP contribution in [0.1, 0.15) is 6.42 Å². The molecule has 0 aliphatic carbocycles. The molecular weight excluding hydrogens is 395 g/mol. The van der Waals surface area contributed by atoms with Crippen molar-refractivity contribution < 1.29 is 0 Å². The fourth-order valence-electron chi connectivity index (χ4n) is 2.58. The van der Waals surface area contributed by atoms with Crippen LogP contribution in [0.2, 0.25) is 10.0 Å². The van der Waals surface area contributed by atoms with E-state index in [9.17, 15) is 0 Å². The molecule has 0 bridgehead atoms. The Hall–Kier alpha value is -2.41. The molecule has 2 heterocycles. The number of hydrogen-bond donors (Lipinski definition) is 2. The van der Waals surface area contributed by atoms with Crippen LogP contribution in [0.5, 0.6) is 0 Å². The molecule has 0 radical (unpaired) electrons. The Morgan fingerprint density at radius 1 is 0.964 bits per heavy atom. The summed E-state index contributed by atoms with van der Waals surface area (Å²) in [6.45, 7) is 1.74. The standard InChI is InChI=1S/C20H22Cl2N6/c1-28(2)12-6-11-24-20-25-17(16-9-3-4-10-23-16)13-18(27-20)26-19-14(21)7-5-8-15(19)22/h3-5,7-10,13H,6,11-12H2,1-2H3,(H2,24,25,26,27). The van der Waals surface area contributed by atoms with Gasteiger partial charge in [0.15, 0.2) is 0 Å². The van der Waals surface area contributed by atoms with E-state index in [1.807, 2.05) is 38.4 Å². The molecule has 28 heavy (non-hydrogen) atoms. The van der Waals surface area contributed by atoms with Crippen molar-refractivity contribution in [2.45, 2.75) is 6.42 Å². The van der Waals surface area contributed by atoms with Gasteiger partial charge in [-0.15, -0.1) is 0 Å². The summed E-state index contributed by atoms with van der Waals surface area (Å²) in [4.78, 5) is 15.7. The average Bonchev–Trinajstić information content (AvgIpc) is 2.69. The molecule has 0 saturated carbocycles. The lowest BCUT2D eigenvalue weighted by molar-refractivity contribution is 0.405. The van der Waals surface area contributed by atoms with Gasteiger partial charge in [-0.25, -0.2) is 4.98 Å². The van der Waals surface area contributed by atoms with Gasteiger partial charge in [0.2, 0.25) is 5.95 Å². The van der Waals surface area contributed by atoms with Gasteiger partial charge in [-0.05, 0) is 51.3 Å². The Labute approximate surface area is 174 Å². The van der Waals surface area contributed by atoms with Crippen molar-refractivity contribution in [2.75, 3.05) is 37.8 Å². The van der Waals surface area contributed by atoms with Gasteiger partial charge in [-0.1, -0.05) is 35.3 Å². The average molecular weight is 417 g/mol. The van der Waals surface area contributed by atoms with Gasteiger partial charge < -0.3 is 15.5 Å². The fraction of sp³-hybridized carbons (Fsp3) is 0.250. The maximum Gasteiger partial charge on any atom is 0.225 e. The number of hydrogen-bond acceptors (Lipinski definition) is 6. The third-order valence-electron chi connectivity index (χ3n) is 3.93. The topological polar surface area (TPSA) is 66.0 Å². The number of anilines is 3. The highest BCUT2D eigenvalue weighted by Gasteiger charge is 2.11. The summed E-state index contributed by atoms with van der Waals surface area (Å²) >= 11 is 12.6. The summed E-state index contributed by atoms with van der Waals surface area (Å²) in [5.74, 6) is 1.10. The largest absolute Gasteiger partial charge is 0.354 e. The van der Waals surface area contributed by atoms with E-state index in [1.54, 1.807) is 24.4 Å². The Kier molecular flexibility index (Phi) is 7.03. The molecule has 0 amide bonds. The van der Waals surface area contributed by atoms with Gasteiger partial charge in [-0.3, -0.25) is 4.98 Å². The number of halogens is 2. The SMILES string of the molecule is CN(C)CCCNc1nc(Nc2c(Cl)cccc2Cl)cc(-c2ccccn2)n1. The van der Waals surface area contributed by atoms with Gasteiger partial charge in [0.25, 0.3) is 0 Å². The summed E-state index contributed by atoms with van der Waals surface area (Å²) in [6.07, 6.45) is 2.71. The van der Waals surface area contributed by atoms with Crippen LogP contribution in [0.4, 0.5) is 17.5 Å².